The molecule has 3 aromatic heterocycles. The van der Waals surface area contributed by atoms with Crippen LogP contribution in [0.1, 0.15) is 51.2 Å². The highest BCUT2D eigenvalue weighted by atomic mass is 32.1. The predicted octanol–water partition coefficient (Wildman–Crippen LogP) is 3.90. The van der Waals surface area contributed by atoms with Crippen LogP contribution in [0.4, 0.5) is 0 Å². The summed E-state index contributed by atoms with van der Waals surface area (Å²) in [6, 6.07) is 10.2. The maximum Gasteiger partial charge on any atom is 0.264 e. The van der Waals surface area contributed by atoms with Crippen LogP contribution in [0.25, 0.3) is 10.2 Å². The molecule has 1 unspecified atom stereocenters. The number of nitrogens with zero attached hydrogens (tertiary/aromatic N) is 4. The van der Waals surface area contributed by atoms with Crippen LogP contribution in [0.2, 0.25) is 0 Å². The number of benzene rings is 1. The van der Waals surface area contributed by atoms with Crippen LogP contribution in [0.15, 0.2) is 52.1 Å². The van der Waals surface area contributed by atoms with E-state index < -0.39 is 0 Å². The van der Waals surface area contributed by atoms with Crippen LogP contribution in [0, 0.1) is 6.92 Å². The molecule has 1 amide bonds. The molecule has 164 valence electrons. The largest absolute Gasteiger partial charge is 0.445 e. The Morgan fingerprint density at radius 2 is 2.06 bits per heavy atom. The van der Waals surface area contributed by atoms with Gasteiger partial charge >= 0.3 is 0 Å². The molecule has 0 bridgehead atoms. The van der Waals surface area contributed by atoms with Crippen LogP contribution in [0.5, 0.6) is 0 Å². The lowest BCUT2D eigenvalue weighted by atomic mass is 9.97. The first-order chi connectivity index (χ1) is 15.5. The quantitative estimate of drug-likeness (QED) is 0.473. The van der Waals surface area contributed by atoms with Gasteiger partial charge in [0.15, 0.2) is 5.89 Å². The lowest BCUT2D eigenvalue weighted by molar-refractivity contribution is 0.0702. The molecular weight excluding hydrogens is 424 g/mol. The Hall–Kier alpha value is -3.26. The normalized spacial score (nSPS) is 16.6. The highest BCUT2D eigenvalue weighted by Gasteiger charge is 2.30. The van der Waals surface area contributed by atoms with Gasteiger partial charge in [-0.05, 0) is 30.9 Å². The molecule has 1 aromatic carbocycles. The summed E-state index contributed by atoms with van der Waals surface area (Å²) in [4.78, 5) is 37.8. The van der Waals surface area contributed by atoms with Crippen molar-refractivity contribution in [2.24, 2.45) is 7.05 Å². The molecule has 5 rings (SSSR count). The number of piperidine rings is 1. The summed E-state index contributed by atoms with van der Waals surface area (Å²) in [7, 11) is 1.67. The van der Waals surface area contributed by atoms with Crippen molar-refractivity contribution in [1.82, 2.24) is 19.4 Å². The Balaban J connectivity index is 1.35. The second-order valence-electron chi connectivity index (χ2n) is 8.31. The number of thiophene rings is 1. The number of rotatable bonds is 4. The van der Waals surface area contributed by atoms with Crippen LogP contribution in [-0.2, 0) is 13.5 Å². The van der Waals surface area contributed by atoms with Gasteiger partial charge in [-0.15, -0.1) is 11.3 Å². The number of hydrogen-bond donors (Lipinski definition) is 0. The number of carbonyl (C=O) groups excluding carboxylic acids is 1. The van der Waals surface area contributed by atoms with E-state index in [1.807, 2.05) is 30.0 Å². The predicted molar refractivity (Wildman–Crippen MR) is 123 cm³/mol. The number of carbonyl (C=O) groups is 1. The molecule has 0 N–H and O–H groups in total. The summed E-state index contributed by atoms with van der Waals surface area (Å²) in [6.45, 7) is 3.08. The number of likely N-dealkylation sites (tertiary alicyclic amines) is 1. The standard InChI is InChI=1S/C24H24N4O3S/c1-15-19-22(26-14-27(2)23(19)29)32-20(15)24(30)28-10-6-9-17(13-28)21-25-12-18(31-21)11-16-7-4-3-5-8-16/h3-5,7-8,12,14,17H,6,9-11,13H2,1-2H3. The zero-order chi connectivity index (χ0) is 22.2. The van der Waals surface area contributed by atoms with Crippen molar-refractivity contribution < 1.29 is 9.21 Å². The van der Waals surface area contributed by atoms with Gasteiger partial charge in [-0.1, -0.05) is 30.3 Å². The average molecular weight is 449 g/mol. The molecule has 32 heavy (non-hydrogen) atoms. The number of oxazole rings is 1. The highest BCUT2D eigenvalue weighted by molar-refractivity contribution is 7.20. The van der Waals surface area contributed by atoms with E-state index >= 15 is 0 Å². The first-order valence-electron chi connectivity index (χ1n) is 10.7. The summed E-state index contributed by atoms with van der Waals surface area (Å²) >= 11 is 1.30. The first-order valence-corrected chi connectivity index (χ1v) is 11.6. The molecule has 7 nitrogen and oxygen atoms in total. The van der Waals surface area contributed by atoms with Crippen molar-refractivity contribution in [1.29, 1.82) is 0 Å². The van der Waals surface area contributed by atoms with Crippen molar-refractivity contribution in [3.8, 4) is 0 Å². The molecule has 1 aliphatic rings. The van der Waals surface area contributed by atoms with Gasteiger partial charge in [0.05, 0.1) is 28.7 Å². The minimum atomic E-state index is -0.120. The Kier molecular flexibility index (Phi) is 5.38. The van der Waals surface area contributed by atoms with Crippen LogP contribution < -0.4 is 5.56 Å². The minimum Gasteiger partial charge on any atom is -0.445 e. The molecule has 0 aliphatic carbocycles. The molecule has 1 fully saturated rings. The van der Waals surface area contributed by atoms with Crippen LogP contribution in [-0.4, -0.2) is 38.4 Å². The second kappa shape index (κ2) is 8.35. The van der Waals surface area contributed by atoms with E-state index in [0.717, 1.165) is 18.6 Å². The third-order valence-electron chi connectivity index (χ3n) is 6.06. The summed E-state index contributed by atoms with van der Waals surface area (Å²) in [5.74, 6) is 1.54. The summed E-state index contributed by atoms with van der Waals surface area (Å²) in [6.07, 6.45) is 5.81. The smallest absolute Gasteiger partial charge is 0.264 e. The minimum absolute atomic E-state index is 0.0479. The maximum absolute atomic E-state index is 13.4. The van der Waals surface area contributed by atoms with Gasteiger partial charge in [-0.25, -0.2) is 9.97 Å². The van der Waals surface area contributed by atoms with E-state index in [4.69, 9.17) is 4.42 Å². The molecular formula is C24H24N4O3S. The molecule has 0 radical (unpaired) electrons. The molecule has 0 saturated carbocycles. The van der Waals surface area contributed by atoms with Gasteiger partial charge in [-0.3, -0.25) is 9.59 Å². The third kappa shape index (κ3) is 3.75. The third-order valence-corrected chi connectivity index (χ3v) is 7.24. The van der Waals surface area contributed by atoms with Gasteiger partial charge in [-0.2, -0.15) is 0 Å². The Morgan fingerprint density at radius 3 is 2.88 bits per heavy atom. The molecule has 1 saturated heterocycles. The SMILES string of the molecule is Cc1c(C(=O)N2CCCC(c3ncc(Cc4ccccc4)o3)C2)sc2ncn(C)c(=O)c12. The lowest BCUT2D eigenvalue weighted by Gasteiger charge is -2.31. The van der Waals surface area contributed by atoms with Crippen molar-refractivity contribution in [3.63, 3.8) is 0 Å². The number of fused-ring (bicyclic) bond motifs is 1. The topological polar surface area (TPSA) is 81.2 Å². The van der Waals surface area contributed by atoms with E-state index in [0.29, 0.717) is 46.1 Å². The number of hydrogen-bond acceptors (Lipinski definition) is 6. The zero-order valence-corrected chi connectivity index (χ0v) is 18.9. The number of aryl methyl sites for hydroxylation is 2. The van der Waals surface area contributed by atoms with Crippen molar-refractivity contribution in [2.75, 3.05) is 13.1 Å². The first kappa shape index (κ1) is 20.6. The zero-order valence-electron chi connectivity index (χ0n) is 18.1. The van der Waals surface area contributed by atoms with Crippen LogP contribution >= 0.6 is 11.3 Å². The highest BCUT2D eigenvalue weighted by Crippen LogP contribution is 2.32. The van der Waals surface area contributed by atoms with Gasteiger partial charge in [0.25, 0.3) is 11.5 Å². The average Bonchev–Trinajstić information content (AvgIpc) is 3.41. The Bertz CT molecular complexity index is 1340. The van der Waals surface area contributed by atoms with E-state index in [2.05, 4.69) is 22.1 Å². The fraction of sp³-hybridized carbons (Fsp3) is 0.333. The Labute approximate surface area is 189 Å². The van der Waals surface area contributed by atoms with E-state index in [1.165, 1.54) is 27.8 Å². The summed E-state index contributed by atoms with van der Waals surface area (Å²) in [5, 5.41) is 0.537. The van der Waals surface area contributed by atoms with Crippen molar-refractivity contribution >= 4 is 27.5 Å². The van der Waals surface area contributed by atoms with Crippen molar-refractivity contribution in [2.45, 2.75) is 32.1 Å². The monoisotopic (exact) mass is 448 g/mol. The lowest BCUT2D eigenvalue weighted by Crippen LogP contribution is -2.39. The molecule has 0 spiro atoms. The van der Waals surface area contributed by atoms with Crippen molar-refractivity contribution in [3.05, 3.63) is 80.9 Å². The maximum atomic E-state index is 13.4. The van der Waals surface area contributed by atoms with E-state index in [9.17, 15) is 9.59 Å². The fourth-order valence-electron chi connectivity index (χ4n) is 4.31. The molecule has 4 heterocycles. The fourth-order valence-corrected chi connectivity index (χ4v) is 5.42. The molecule has 8 heteroatoms. The van der Waals surface area contributed by atoms with Gasteiger partial charge in [0.2, 0.25) is 0 Å². The molecule has 1 aliphatic heterocycles. The number of amides is 1. The van der Waals surface area contributed by atoms with Crippen LogP contribution in [0.3, 0.4) is 0 Å². The summed E-state index contributed by atoms with van der Waals surface area (Å²) < 4.78 is 7.51. The number of aromatic nitrogens is 3. The molecule has 4 aromatic rings. The van der Waals surface area contributed by atoms with Gasteiger partial charge < -0.3 is 13.9 Å². The summed E-state index contributed by atoms with van der Waals surface area (Å²) in [5.41, 5.74) is 1.77. The van der Waals surface area contributed by atoms with E-state index in [1.54, 1.807) is 13.2 Å². The van der Waals surface area contributed by atoms with Gasteiger partial charge in [0, 0.05) is 26.6 Å². The second-order valence-corrected chi connectivity index (χ2v) is 9.31. The van der Waals surface area contributed by atoms with E-state index in [-0.39, 0.29) is 17.4 Å². The van der Waals surface area contributed by atoms with Gasteiger partial charge in [0.1, 0.15) is 10.6 Å². The Morgan fingerprint density at radius 1 is 1.25 bits per heavy atom. The molecule has 1 atom stereocenters.